The summed E-state index contributed by atoms with van der Waals surface area (Å²) in [6.45, 7) is 3.34. The Labute approximate surface area is 106 Å². The van der Waals surface area contributed by atoms with Crippen molar-refractivity contribution in [2.75, 3.05) is 13.2 Å². The fraction of sp³-hybridized carbons (Fsp3) is 0.571. The molecule has 2 nitrogen and oxygen atoms in total. The Morgan fingerprint density at radius 2 is 2.22 bits per heavy atom. The van der Waals surface area contributed by atoms with E-state index >= 15 is 0 Å². The van der Waals surface area contributed by atoms with Crippen LogP contribution < -0.4 is 5.32 Å². The van der Waals surface area contributed by atoms with Crippen LogP contribution in [0.3, 0.4) is 0 Å². The van der Waals surface area contributed by atoms with E-state index in [4.69, 9.17) is 4.74 Å². The Morgan fingerprint density at radius 3 is 2.89 bits per heavy atom. The molecule has 1 N–H and O–H groups in total. The van der Waals surface area contributed by atoms with Crippen LogP contribution in [0.4, 0.5) is 8.78 Å². The maximum atomic E-state index is 13.8. The zero-order valence-corrected chi connectivity index (χ0v) is 10.6. The van der Waals surface area contributed by atoms with Crippen molar-refractivity contribution in [2.45, 2.75) is 38.3 Å². The lowest BCUT2D eigenvalue weighted by Gasteiger charge is -2.31. The fourth-order valence-corrected chi connectivity index (χ4v) is 2.44. The van der Waals surface area contributed by atoms with E-state index in [9.17, 15) is 8.78 Å². The van der Waals surface area contributed by atoms with Crippen LogP contribution >= 0.6 is 0 Å². The summed E-state index contributed by atoms with van der Waals surface area (Å²) in [6.07, 6.45) is 2.92. The minimum Gasteiger partial charge on any atom is -0.376 e. The van der Waals surface area contributed by atoms with E-state index in [1.165, 1.54) is 12.1 Å². The van der Waals surface area contributed by atoms with Crippen molar-refractivity contribution in [2.24, 2.45) is 0 Å². The summed E-state index contributed by atoms with van der Waals surface area (Å²) in [5.41, 5.74) is 0.365. The molecule has 0 spiro atoms. The van der Waals surface area contributed by atoms with Gasteiger partial charge < -0.3 is 10.1 Å². The van der Waals surface area contributed by atoms with Crippen LogP contribution in [0.5, 0.6) is 0 Å². The number of hydrogen-bond donors (Lipinski definition) is 1. The molecule has 0 aromatic heterocycles. The molecule has 0 amide bonds. The topological polar surface area (TPSA) is 21.3 Å². The van der Waals surface area contributed by atoms with Gasteiger partial charge in [0.2, 0.25) is 0 Å². The highest BCUT2D eigenvalue weighted by atomic mass is 19.1. The second-order valence-electron chi connectivity index (χ2n) is 4.61. The maximum Gasteiger partial charge on any atom is 0.128 e. The summed E-state index contributed by atoms with van der Waals surface area (Å²) < 4.78 is 32.8. The molecule has 0 saturated carbocycles. The maximum absolute atomic E-state index is 13.8. The number of ether oxygens (including phenoxy) is 1. The van der Waals surface area contributed by atoms with E-state index in [1.54, 1.807) is 0 Å². The van der Waals surface area contributed by atoms with E-state index in [0.29, 0.717) is 18.7 Å². The lowest BCUT2D eigenvalue weighted by atomic mass is 9.95. The first-order chi connectivity index (χ1) is 8.72. The lowest BCUT2D eigenvalue weighted by molar-refractivity contribution is -0.00862. The highest BCUT2D eigenvalue weighted by Gasteiger charge is 2.27. The van der Waals surface area contributed by atoms with Gasteiger partial charge in [-0.3, -0.25) is 0 Å². The summed E-state index contributed by atoms with van der Waals surface area (Å²) in [5, 5.41) is 3.20. The summed E-state index contributed by atoms with van der Waals surface area (Å²) in [4.78, 5) is 0. The van der Waals surface area contributed by atoms with Gasteiger partial charge in [-0.05, 0) is 44.0 Å². The van der Waals surface area contributed by atoms with Crippen LogP contribution in [0.25, 0.3) is 0 Å². The van der Waals surface area contributed by atoms with E-state index in [-0.39, 0.29) is 18.0 Å². The summed E-state index contributed by atoms with van der Waals surface area (Å²) in [6, 6.07) is 3.31. The lowest BCUT2D eigenvalue weighted by Crippen LogP contribution is -2.36. The van der Waals surface area contributed by atoms with Gasteiger partial charge in [-0.25, -0.2) is 8.78 Å². The average molecular weight is 255 g/mol. The zero-order chi connectivity index (χ0) is 13.0. The van der Waals surface area contributed by atoms with Crippen molar-refractivity contribution in [3.63, 3.8) is 0 Å². The first kappa shape index (κ1) is 13.4. The van der Waals surface area contributed by atoms with Gasteiger partial charge in [-0.1, -0.05) is 6.92 Å². The summed E-state index contributed by atoms with van der Waals surface area (Å²) >= 11 is 0. The molecule has 0 aliphatic carbocycles. The molecule has 1 aliphatic heterocycles. The Hall–Kier alpha value is -1.00. The monoisotopic (exact) mass is 255 g/mol. The van der Waals surface area contributed by atoms with Gasteiger partial charge >= 0.3 is 0 Å². The molecule has 2 rings (SSSR count). The van der Waals surface area contributed by atoms with Gasteiger partial charge in [0.15, 0.2) is 0 Å². The molecule has 100 valence electrons. The van der Waals surface area contributed by atoms with Crippen molar-refractivity contribution < 1.29 is 13.5 Å². The first-order valence-corrected chi connectivity index (χ1v) is 6.52. The number of hydrogen-bond acceptors (Lipinski definition) is 2. The van der Waals surface area contributed by atoms with Gasteiger partial charge in [-0.2, -0.15) is 0 Å². The van der Waals surface area contributed by atoms with Crippen LogP contribution in [0.15, 0.2) is 18.2 Å². The molecule has 1 aromatic rings. The summed E-state index contributed by atoms with van der Waals surface area (Å²) in [7, 11) is 0. The Bertz CT molecular complexity index is 391. The van der Waals surface area contributed by atoms with E-state index in [2.05, 4.69) is 5.32 Å². The molecule has 1 saturated heterocycles. The molecular formula is C14H19F2NO. The SMILES string of the molecule is CCNC(c1cc(F)ccc1F)C1CCCCO1. The molecule has 0 radical (unpaired) electrons. The Balaban J connectivity index is 2.24. The number of benzene rings is 1. The molecule has 2 unspecified atom stereocenters. The quantitative estimate of drug-likeness (QED) is 0.892. The van der Waals surface area contributed by atoms with Crippen molar-refractivity contribution in [1.29, 1.82) is 0 Å². The average Bonchev–Trinajstić information content (AvgIpc) is 2.40. The van der Waals surface area contributed by atoms with E-state index in [0.717, 1.165) is 25.3 Å². The molecule has 1 fully saturated rings. The van der Waals surface area contributed by atoms with Crippen molar-refractivity contribution in [3.8, 4) is 0 Å². The van der Waals surface area contributed by atoms with Crippen molar-refractivity contribution in [3.05, 3.63) is 35.4 Å². The van der Waals surface area contributed by atoms with Gasteiger partial charge in [0, 0.05) is 12.2 Å². The normalized spacial score (nSPS) is 21.8. The molecule has 18 heavy (non-hydrogen) atoms. The van der Waals surface area contributed by atoms with Gasteiger partial charge in [0.1, 0.15) is 11.6 Å². The van der Waals surface area contributed by atoms with Gasteiger partial charge in [-0.15, -0.1) is 0 Å². The smallest absolute Gasteiger partial charge is 0.128 e. The molecule has 4 heteroatoms. The molecule has 2 atom stereocenters. The highest BCUT2D eigenvalue weighted by molar-refractivity contribution is 5.23. The molecule has 1 aliphatic rings. The zero-order valence-electron chi connectivity index (χ0n) is 10.6. The summed E-state index contributed by atoms with van der Waals surface area (Å²) in [5.74, 6) is -0.790. The second-order valence-corrected chi connectivity index (χ2v) is 4.61. The van der Waals surface area contributed by atoms with Crippen LogP contribution in [0.2, 0.25) is 0 Å². The molecule has 1 heterocycles. The first-order valence-electron chi connectivity index (χ1n) is 6.52. The molecular weight excluding hydrogens is 236 g/mol. The number of rotatable bonds is 4. The van der Waals surface area contributed by atoms with Crippen LogP contribution in [-0.4, -0.2) is 19.3 Å². The number of nitrogens with one attached hydrogen (secondary N) is 1. The van der Waals surface area contributed by atoms with Gasteiger partial charge in [0.05, 0.1) is 12.1 Å². The minimum absolute atomic E-state index is 0.0741. The van der Waals surface area contributed by atoms with Crippen LogP contribution in [0.1, 0.15) is 37.8 Å². The fourth-order valence-electron chi connectivity index (χ4n) is 2.44. The molecule has 0 bridgehead atoms. The van der Waals surface area contributed by atoms with Crippen molar-refractivity contribution in [1.82, 2.24) is 5.32 Å². The molecule has 1 aromatic carbocycles. The minimum atomic E-state index is -0.412. The van der Waals surface area contributed by atoms with Crippen LogP contribution in [0, 0.1) is 11.6 Å². The Morgan fingerprint density at radius 1 is 1.39 bits per heavy atom. The predicted molar refractivity (Wildman–Crippen MR) is 66.4 cm³/mol. The Kier molecular flexibility index (Phi) is 4.66. The second kappa shape index (κ2) is 6.25. The largest absolute Gasteiger partial charge is 0.376 e. The third-order valence-electron chi connectivity index (χ3n) is 3.30. The predicted octanol–water partition coefficient (Wildman–Crippen LogP) is 3.18. The van der Waals surface area contributed by atoms with Crippen molar-refractivity contribution >= 4 is 0 Å². The highest BCUT2D eigenvalue weighted by Crippen LogP contribution is 2.28. The van der Waals surface area contributed by atoms with E-state index < -0.39 is 5.82 Å². The van der Waals surface area contributed by atoms with Gasteiger partial charge in [0.25, 0.3) is 0 Å². The standard InChI is InChI=1S/C14H19F2NO/c1-2-17-14(13-5-3-4-8-18-13)11-9-10(15)6-7-12(11)16/h6-7,9,13-14,17H,2-5,8H2,1H3. The third-order valence-corrected chi connectivity index (χ3v) is 3.30. The number of likely N-dealkylation sites (N-methyl/N-ethyl adjacent to an activating group) is 1. The third kappa shape index (κ3) is 3.06. The van der Waals surface area contributed by atoms with Crippen LogP contribution in [-0.2, 0) is 4.74 Å². The van der Waals surface area contributed by atoms with E-state index in [1.807, 2.05) is 6.92 Å². The number of halogens is 2.